The molecule has 2 amide bonds. The van der Waals surface area contributed by atoms with E-state index in [1.807, 2.05) is 0 Å². The van der Waals surface area contributed by atoms with Crippen LogP contribution in [0.5, 0.6) is 0 Å². The highest BCUT2D eigenvalue weighted by Gasteiger charge is 2.42. The van der Waals surface area contributed by atoms with Crippen molar-refractivity contribution in [3.8, 4) is 22.6 Å². The molecule has 1 aromatic heterocycles. The molecule has 1 aliphatic heterocycles. The molecule has 2 N–H and O–H groups in total. The summed E-state index contributed by atoms with van der Waals surface area (Å²) in [6, 6.07) is 18.6. The van der Waals surface area contributed by atoms with Gasteiger partial charge in [0, 0.05) is 23.4 Å². The number of benzene rings is 3. The summed E-state index contributed by atoms with van der Waals surface area (Å²) in [5.74, 6) is -4.62. The second-order valence-corrected chi connectivity index (χ2v) is 9.92. The lowest BCUT2D eigenvalue weighted by Gasteiger charge is -2.27. The Balaban J connectivity index is 1.35. The summed E-state index contributed by atoms with van der Waals surface area (Å²) < 4.78 is 45.8. The Morgan fingerprint density at radius 1 is 0.976 bits per heavy atom. The van der Waals surface area contributed by atoms with E-state index in [0.717, 1.165) is 5.56 Å². The largest absolute Gasteiger partial charge is 0.480 e. The standard InChI is InChI=1S/C30H24F3N3O5/c1-16(2)24(29(39)40)36-15-20-9-8-19(14-22(20)28(36)38)17-10-12-21(13-11-17)34-26(37)23-25(30(31,32)33)41-27(35-23)18-6-4-3-5-7-18/h3-14,16,24H,15H2,1-2H3,(H,34,37)(H,39,40)/t24-/m0/s1. The van der Waals surface area contributed by atoms with Crippen LogP contribution in [0.2, 0.25) is 0 Å². The Labute approximate surface area is 232 Å². The lowest BCUT2D eigenvalue weighted by molar-refractivity contribution is -0.153. The monoisotopic (exact) mass is 563 g/mol. The van der Waals surface area contributed by atoms with Crippen molar-refractivity contribution in [1.29, 1.82) is 0 Å². The molecule has 11 heteroatoms. The van der Waals surface area contributed by atoms with Crippen molar-refractivity contribution < 1.29 is 37.1 Å². The van der Waals surface area contributed by atoms with Gasteiger partial charge in [-0.2, -0.15) is 13.2 Å². The van der Waals surface area contributed by atoms with E-state index in [0.29, 0.717) is 22.3 Å². The van der Waals surface area contributed by atoms with Crippen molar-refractivity contribution >= 4 is 23.5 Å². The van der Waals surface area contributed by atoms with Gasteiger partial charge < -0.3 is 19.7 Å². The van der Waals surface area contributed by atoms with E-state index in [1.54, 1.807) is 62.4 Å². The Bertz CT molecular complexity index is 1630. The number of anilines is 1. The van der Waals surface area contributed by atoms with Crippen LogP contribution < -0.4 is 5.32 Å². The molecule has 5 rings (SSSR count). The molecule has 0 saturated carbocycles. The van der Waals surface area contributed by atoms with Crippen LogP contribution in [-0.2, 0) is 17.5 Å². The van der Waals surface area contributed by atoms with E-state index in [9.17, 15) is 32.7 Å². The number of aliphatic carboxylic acids is 1. The predicted molar refractivity (Wildman–Crippen MR) is 143 cm³/mol. The fourth-order valence-electron chi connectivity index (χ4n) is 4.81. The first-order valence-corrected chi connectivity index (χ1v) is 12.7. The molecule has 8 nitrogen and oxygen atoms in total. The average molecular weight is 564 g/mol. The smallest absolute Gasteiger partial charge is 0.452 e. The van der Waals surface area contributed by atoms with Crippen molar-refractivity contribution in [3.63, 3.8) is 0 Å². The van der Waals surface area contributed by atoms with Gasteiger partial charge in [0.05, 0.1) is 0 Å². The molecule has 0 saturated heterocycles. The van der Waals surface area contributed by atoms with Gasteiger partial charge in [-0.3, -0.25) is 9.59 Å². The number of hydrogen-bond donors (Lipinski definition) is 2. The summed E-state index contributed by atoms with van der Waals surface area (Å²) in [4.78, 5) is 42.8. The van der Waals surface area contributed by atoms with Crippen LogP contribution in [0, 0.1) is 5.92 Å². The van der Waals surface area contributed by atoms with Crippen LogP contribution in [-0.4, -0.2) is 38.8 Å². The van der Waals surface area contributed by atoms with Crippen LogP contribution >= 0.6 is 0 Å². The van der Waals surface area contributed by atoms with Gasteiger partial charge in [0.1, 0.15) is 6.04 Å². The number of rotatable bonds is 7. The second kappa shape index (κ2) is 10.6. The van der Waals surface area contributed by atoms with Crippen molar-refractivity contribution in [2.24, 2.45) is 5.92 Å². The number of carboxylic acid groups (broad SMARTS) is 1. The fourth-order valence-corrected chi connectivity index (χ4v) is 4.81. The minimum Gasteiger partial charge on any atom is -0.480 e. The maximum atomic E-state index is 13.6. The van der Waals surface area contributed by atoms with Gasteiger partial charge in [0.2, 0.25) is 11.7 Å². The molecule has 0 aliphatic carbocycles. The molecule has 0 spiro atoms. The van der Waals surface area contributed by atoms with Crippen molar-refractivity contribution in [1.82, 2.24) is 9.88 Å². The number of alkyl halides is 3. The molecule has 0 bridgehead atoms. The number of carboxylic acids is 1. The summed E-state index contributed by atoms with van der Waals surface area (Å²) in [5, 5.41) is 12.0. The van der Waals surface area contributed by atoms with Gasteiger partial charge in [-0.25, -0.2) is 9.78 Å². The highest BCUT2D eigenvalue weighted by molar-refractivity contribution is 6.04. The summed E-state index contributed by atoms with van der Waals surface area (Å²) in [6.45, 7) is 3.69. The number of carbonyl (C=O) groups excluding carboxylic acids is 2. The lowest BCUT2D eigenvalue weighted by Crippen LogP contribution is -2.44. The summed E-state index contributed by atoms with van der Waals surface area (Å²) in [7, 11) is 0. The molecule has 2 heterocycles. The molecule has 0 fully saturated rings. The number of aromatic nitrogens is 1. The highest BCUT2D eigenvalue weighted by atomic mass is 19.4. The van der Waals surface area contributed by atoms with E-state index in [-0.39, 0.29) is 29.9 Å². The maximum Gasteiger partial charge on any atom is 0.452 e. The topological polar surface area (TPSA) is 113 Å². The number of fused-ring (bicyclic) bond motifs is 1. The van der Waals surface area contributed by atoms with E-state index in [1.165, 1.54) is 29.2 Å². The average Bonchev–Trinajstić information content (AvgIpc) is 3.52. The van der Waals surface area contributed by atoms with Crippen LogP contribution in [0.4, 0.5) is 18.9 Å². The van der Waals surface area contributed by atoms with Crippen LogP contribution in [0.15, 0.2) is 77.2 Å². The SMILES string of the molecule is CC(C)[C@@H](C(=O)O)N1Cc2ccc(-c3ccc(NC(=O)c4nc(-c5ccccc5)oc4C(F)(F)F)cc3)cc2C1=O. The van der Waals surface area contributed by atoms with Gasteiger partial charge in [-0.05, 0) is 52.9 Å². The Morgan fingerprint density at radius 2 is 1.63 bits per heavy atom. The zero-order chi connectivity index (χ0) is 29.5. The molecule has 0 unspecified atom stereocenters. The zero-order valence-corrected chi connectivity index (χ0v) is 21.9. The van der Waals surface area contributed by atoms with Crippen LogP contribution in [0.25, 0.3) is 22.6 Å². The quantitative estimate of drug-likeness (QED) is 0.271. The van der Waals surface area contributed by atoms with Crippen LogP contribution in [0.3, 0.4) is 0 Å². The molecule has 4 aromatic rings. The molecule has 210 valence electrons. The number of amides is 2. The lowest BCUT2D eigenvalue weighted by atomic mass is 10.00. The first-order valence-electron chi connectivity index (χ1n) is 12.7. The van der Waals surface area contributed by atoms with Gasteiger partial charge in [-0.1, -0.05) is 56.3 Å². The first-order chi connectivity index (χ1) is 19.4. The minimum absolute atomic E-state index is 0.197. The molecule has 0 radical (unpaired) electrons. The van der Waals surface area contributed by atoms with Crippen molar-refractivity contribution in [2.45, 2.75) is 32.6 Å². The number of carbonyl (C=O) groups is 3. The third-order valence-electron chi connectivity index (χ3n) is 6.76. The van der Waals surface area contributed by atoms with E-state index in [4.69, 9.17) is 4.42 Å². The summed E-state index contributed by atoms with van der Waals surface area (Å²) in [6.07, 6.45) is -4.93. The van der Waals surface area contributed by atoms with Gasteiger partial charge >= 0.3 is 12.1 Å². The fraction of sp³-hybridized carbons (Fsp3) is 0.200. The summed E-state index contributed by atoms with van der Waals surface area (Å²) in [5.41, 5.74) is 2.12. The number of halogens is 3. The van der Waals surface area contributed by atoms with Crippen molar-refractivity contribution in [3.05, 3.63) is 95.4 Å². The third-order valence-corrected chi connectivity index (χ3v) is 6.76. The zero-order valence-electron chi connectivity index (χ0n) is 21.9. The number of hydrogen-bond acceptors (Lipinski definition) is 5. The Morgan fingerprint density at radius 3 is 2.24 bits per heavy atom. The minimum atomic E-state index is -4.93. The van der Waals surface area contributed by atoms with Gasteiger partial charge in [0.15, 0.2) is 5.69 Å². The number of nitrogens with one attached hydrogen (secondary N) is 1. The maximum absolute atomic E-state index is 13.6. The van der Waals surface area contributed by atoms with E-state index >= 15 is 0 Å². The number of nitrogens with zero attached hydrogens (tertiary/aromatic N) is 2. The first kappa shape index (κ1) is 27.6. The molecule has 1 aliphatic rings. The highest BCUT2D eigenvalue weighted by Crippen LogP contribution is 2.36. The predicted octanol–water partition coefficient (Wildman–Crippen LogP) is 6.34. The van der Waals surface area contributed by atoms with Gasteiger partial charge in [-0.15, -0.1) is 0 Å². The van der Waals surface area contributed by atoms with E-state index in [2.05, 4.69) is 10.3 Å². The van der Waals surface area contributed by atoms with Crippen molar-refractivity contribution in [2.75, 3.05) is 5.32 Å². The normalized spacial score (nSPS) is 13.8. The Hall–Kier alpha value is -4.93. The molecule has 3 aromatic carbocycles. The molecular formula is C30H24F3N3O5. The summed E-state index contributed by atoms with van der Waals surface area (Å²) >= 11 is 0. The van der Waals surface area contributed by atoms with Gasteiger partial charge in [0.25, 0.3) is 11.8 Å². The second-order valence-electron chi connectivity index (χ2n) is 9.92. The third kappa shape index (κ3) is 5.43. The molecule has 1 atom stereocenters. The number of oxazole rings is 1. The molecule has 41 heavy (non-hydrogen) atoms. The Kier molecular flexibility index (Phi) is 7.12. The van der Waals surface area contributed by atoms with Crippen LogP contribution in [0.1, 0.15) is 46.0 Å². The van der Waals surface area contributed by atoms with E-state index < -0.39 is 35.5 Å². The molecular weight excluding hydrogens is 539 g/mol.